The number of rotatable bonds is 11. The number of carboxylic acid groups (broad SMARTS) is 1. The highest BCUT2D eigenvalue weighted by atomic mass is 16.4. The van der Waals surface area contributed by atoms with Crippen molar-refractivity contribution in [1.82, 2.24) is 5.32 Å². The second kappa shape index (κ2) is 9.92. The molecule has 6 nitrogen and oxygen atoms in total. The second-order valence-corrected chi connectivity index (χ2v) is 8.90. The molecule has 1 aliphatic heterocycles. The lowest BCUT2D eigenvalue weighted by Gasteiger charge is -2.52. The van der Waals surface area contributed by atoms with Gasteiger partial charge in [-0.05, 0) is 30.5 Å². The number of benzene rings is 1. The number of quaternary nitrogens is 1. The summed E-state index contributed by atoms with van der Waals surface area (Å²) in [6.45, 7) is 3.46. The fourth-order valence-corrected chi connectivity index (χ4v) is 4.38. The van der Waals surface area contributed by atoms with Crippen LogP contribution in [0.15, 0.2) is 24.3 Å². The van der Waals surface area contributed by atoms with E-state index in [0.717, 1.165) is 12.1 Å². The Morgan fingerprint density at radius 1 is 1.04 bits per heavy atom. The lowest BCUT2D eigenvalue weighted by atomic mass is 9.84. The number of carbonyl (C=O) groups excluding carboxylic acids is 1. The number of aliphatic carboxylic acids is 1. The summed E-state index contributed by atoms with van der Waals surface area (Å²) in [5, 5.41) is 14.9. The zero-order chi connectivity index (χ0) is 20.6. The van der Waals surface area contributed by atoms with Crippen molar-refractivity contribution in [2.75, 3.05) is 32.5 Å². The number of nitrogens with one attached hydrogen (secondary N) is 2. The Morgan fingerprint density at radius 2 is 1.64 bits per heavy atom. The molecule has 2 rings (SSSR count). The lowest BCUT2D eigenvalue weighted by molar-refractivity contribution is -0.940. The summed E-state index contributed by atoms with van der Waals surface area (Å²) in [5.41, 5.74) is 1.33. The van der Waals surface area contributed by atoms with E-state index in [0.29, 0.717) is 17.6 Å². The number of amides is 2. The van der Waals surface area contributed by atoms with Gasteiger partial charge in [0.15, 0.2) is 0 Å². The number of unbranched alkanes of at least 4 members (excludes halogenated alkanes) is 5. The molecule has 0 unspecified atom stereocenters. The molecule has 156 valence electrons. The van der Waals surface area contributed by atoms with Gasteiger partial charge in [-0.15, -0.1) is 0 Å². The van der Waals surface area contributed by atoms with Gasteiger partial charge in [0.05, 0.1) is 20.5 Å². The van der Waals surface area contributed by atoms with Crippen molar-refractivity contribution in [3.05, 3.63) is 29.8 Å². The van der Waals surface area contributed by atoms with E-state index in [1.54, 1.807) is 0 Å². The summed E-state index contributed by atoms with van der Waals surface area (Å²) in [6, 6.07) is 7.59. The van der Waals surface area contributed by atoms with Crippen LogP contribution in [0, 0.1) is 0 Å². The van der Waals surface area contributed by atoms with Crippen molar-refractivity contribution in [3.8, 4) is 0 Å². The molecule has 6 heteroatoms. The van der Waals surface area contributed by atoms with E-state index in [-0.39, 0.29) is 12.5 Å². The summed E-state index contributed by atoms with van der Waals surface area (Å²) in [6.07, 6.45) is 8.70. The molecule has 1 aromatic rings. The third-order valence-electron chi connectivity index (χ3n) is 5.36. The summed E-state index contributed by atoms with van der Waals surface area (Å²) in [5.74, 6) is -0.890. The largest absolute Gasteiger partial charge is 0.481 e. The molecule has 0 saturated carbocycles. The number of carboxylic acids is 1. The number of hydrogen-bond acceptors (Lipinski definition) is 2. The van der Waals surface area contributed by atoms with Crippen LogP contribution in [-0.4, -0.2) is 54.3 Å². The highest BCUT2D eigenvalue weighted by molar-refractivity contribution is 5.90. The van der Waals surface area contributed by atoms with Crippen molar-refractivity contribution < 1.29 is 19.2 Å². The van der Waals surface area contributed by atoms with Gasteiger partial charge in [0, 0.05) is 5.69 Å². The average Bonchev–Trinajstić information content (AvgIpc) is 2.56. The van der Waals surface area contributed by atoms with Crippen LogP contribution in [0.25, 0.3) is 0 Å². The van der Waals surface area contributed by atoms with E-state index in [2.05, 4.69) is 29.7 Å². The second-order valence-electron chi connectivity index (χ2n) is 8.90. The lowest BCUT2D eigenvalue weighted by Crippen LogP contribution is -2.77. The van der Waals surface area contributed by atoms with Gasteiger partial charge in [-0.2, -0.15) is 0 Å². The van der Waals surface area contributed by atoms with E-state index in [1.807, 2.05) is 26.2 Å². The highest BCUT2D eigenvalue weighted by Gasteiger charge is 2.53. The molecule has 0 spiro atoms. The maximum atomic E-state index is 12.4. The van der Waals surface area contributed by atoms with Gasteiger partial charge in [-0.1, -0.05) is 51.2 Å². The fraction of sp³-hybridized carbons (Fsp3) is 0.636. The highest BCUT2D eigenvalue weighted by Crippen LogP contribution is 2.29. The summed E-state index contributed by atoms with van der Waals surface area (Å²) >= 11 is 0. The Bertz CT molecular complexity index is 647. The third kappa shape index (κ3) is 7.15. The molecular formula is C22H36N3O3+. The van der Waals surface area contributed by atoms with Crippen LogP contribution >= 0.6 is 0 Å². The molecule has 28 heavy (non-hydrogen) atoms. The van der Waals surface area contributed by atoms with Crippen molar-refractivity contribution in [3.63, 3.8) is 0 Å². The smallest absolute Gasteiger partial charge is 0.320 e. The van der Waals surface area contributed by atoms with Gasteiger partial charge < -0.3 is 20.2 Å². The van der Waals surface area contributed by atoms with Crippen LogP contribution in [0.3, 0.4) is 0 Å². The molecule has 0 atom stereocenters. The van der Waals surface area contributed by atoms with Crippen molar-refractivity contribution in [2.24, 2.45) is 0 Å². The average molecular weight is 391 g/mol. The van der Waals surface area contributed by atoms with Crippen LogP contribution in [0.4, 0.5) is 10.5 Å². The van der Waals surface area contributed by atoms with Crippen LogP contribution in [0.2, 0.25) is 0 Å². The molecule has 1 aromatic carbocycles. The maximum absolute atomic E-state index is 12.4. The summed E-state index contributed by atoms with van der Waals surface area (Å²) in [4.78, 5) is 23.6. The number of aryl methyl sites for hydroxylation is 1. The molecule has 3 N–H and O–H groups in total. The number of carbonyl (C=O) groups is 2. The number of likely N-dealkylation sites (tertiary alicyclic amines) is 1. The normalized spacial score (nSPS) is 16.8. The molecular weight excluding hydrogens is 354 g/mol. The Labute approximate surface area is 168 Å². The SMILES string of the molecule is CCCCCCCCc1ccc(NC(=O)NC2(CC(=O)O)C[N+](C)(C)C2)cc1. The summed E-state index contributed by atoms with van der Waals surface area (Å²) < 4.78 is 0.709. The molecule has 0 radical (unpaired) electrons. The molecule has 1 saturated heterocycles. The molecule has 0 bridgehead atoms. The van der Waals surface area contributed by atoms with E-state index >= 15 is 0 Å². The first kappa shape index (κ1) is 22.2. The van der Waals surface area contributed by atoms with Crippen LogP contribution < -0.4 is 10.6 Å². The predicted molar refractivity (Wildman–Crippen MR) is 113 cm³/mol. The van der Waals surface area contributed by atoms with Gasteiger partial charge in [-0.3, -0.25) is 4.79 Å². The van der Waals surface area contributed by atoms with Crippen molar-refractivity contribution >= 4 is 17.7 Å². The number of urea groups is 1. The first-order valence-corrected chi connectivity index (χ1v) is 10.5. The molecule has 1 heterocycles. The zero-order valence-corrected chi connectivity index (χ0v) is 17.6. The van der Waals surface area contributed by atoms with Crippen molar-refractivity contribution in [2.45, 2.75) is 63.8 Å². The van der Waals surface area contributed by atoms with E-state index in [9.17, 15) is 9.59 Å². The number of hydrogen-bond donors (Lipinski definition) is 3. The Kier molecular flexibility index (Phi) is 7.87. The molecule has 2 amide bonds. The predicted octanol–water partition coefficient (Wildman–Crippen LogP) is 4.01. The van der Waals surface area contributed by atoms with E-state index in [1.165, 1.54) is 44.1 Å². The standard InChI is InChI=1S/C22H35N3O3/c1-4-5-6-7-8-9-10-18-11-13-19(14-12-18)23-21(28)24-22(15-20(26)27)16-25(2,3)17-22/h11-14H,4-10,15-17H2,1-3H3,(H2-,23,24,26,27,28)/p+1. The first-order chi connectivity index (χ1) is 13.2. The molecule has 0 aromatic heterocycles. The van der Waals surface area contributed by atoms with Gasteiger partial charge in [0.2, 0.25) is 0 Å². The van der Waals surface area contributed by atoms with E-state index < -0.39 is 11.5 Å². The number of anilines is 1. The third-order valence-corrected chi connectivity index (χ3v) is 5.36. The van der Waals surface area contributed by atoms with Gasteiger partial charge in [0.25, 0.3) is 0 Å². The zero-order valence-electron chi connectivity index (χ0n) is 17.6. The quantitative estimate of drug-likeness (QED) is 0.394. The maximum Gasteiger partial charge on any atom is 0.320 e. The van der Waals surface area contributed by atoms with Crippen LogP contribution in [0.1, 0.15) is 57.4 Å². The minimum Gasteiger partial charge on any atom is -0.481 e. The first-order valence-electron chi connectivity index (χ1n) is 10.5. The Hall–Kier alpha value is -2.08. The van der Waals surface area contributed by atoms with Crippen molar-refractivity contribution in [1.29, 1.82) is 0 Å². The summed E-state index contributed by atoms with van der Waals surface area (Å²) in [7, 11) is 4.06. The van der Waals surface area contributed by atoms with Gasteiger partial charge in [0.1, 0.15) is 18.6 Å². The molecule has 0 aliphatic carbocycles. The minimum absolute atomic E-state index is 0.0563. The Balaban J connectivity index is 1.78. The fourth-order valence-electron chi connectivity index (χ4n) is 4.38. The minimum atomic E-state index is -0.890. The Morgan fingerprint density at radius 3 is 2.21 bits per heavy atom. The van der Waals surface area contributed by atoms with E-state index in [4.69, 9.17) is 5.11 Å². The van der Waals surface area contributed by atoms with Gasteiger partial charge >= 0.3 is 12.0 Å². The number of likely N-dealkylation sites (N-methyl/N-ethyl adjacent to an activating group) is 1. The molecule has 1 fully saturated rings. The topological polar surface area (TPSA) is 78.4 Å². The van der Waals surface area contributed by atoms with Crippen LogP contribution in [-0.2, 0) is 11.2 Å². The van der Waals surface area contributed by atoms with Gasteiger partial charge in [-0.25, -0.2) is 4.79 Å². The van der Waals surface area contributed by atoms with Crippen LogP contribution in [0.5, 0.6) is 0 Å². The monoisotopic (exact) mass is 390 g/mol. The molecule has 1 aliphatic rings. The number of nitrogens with zero attached hydrogens (tertiary/aromatic N) is 1.